The number of hydrogen-bond acceptors (Lipinski definition) is 2. The van der Waals surface area contributed by atoms with Crippen LogP contribution in [0.3, 0.4) is 0 Å². The summed E-state index contributed by atoms with van der Waals surface area (Å²) in [6.45, 7) is 0. The van der Waals surface area contributed by atoms with E-state index in [1.807, 2.05) is 48.5 Å². The third-order valence-corrected chi connectivity index (χ3v) is 5.61. The first-order chi connectivity index (χ1) is 10.4. The summed E-state index contributed by atoms with van der Waals surface area (Å²) < 4.78 is 1.93. The summed E-state index contributed by atoms with van der Waals surface area (Å²) in [4.78, 5) is 0. The van der Waals surface area contributed by atoms with Gasteiger partial charge in [0.1, 0.15) is 0 Å². The van der Waals surface area contributed by atoms with Crippen LogP contribution < -0.4 is 0 Å². The van der Waals surface area contributed by atoms with Crippen molar-refractivity contribution in [3.63, 3.8) is 0 Å². The maximum Gasteiger partial charge on any atom is 0.0899 e. The monoisotopic (exact) mass is 424 g/mol. The molecule has 2 N–H and O–H groups in total. The molecule has 22 heavy (non-hydrogen) atoms. The van der Waals surface area contributed by atoms with Gasteiger partial charge in [0, 0.05) is 8.95 Å². The second-order valence-corrected chi connectivity index (χ2v) is 7.92. The molecule has 1 saturated carbocycles. The number of aliphatic hydroxyl groups is 2. The van der Waals surface area contributed by atoms with E-state index in [4.69, 9.17) is 0 Å². The lowest BCUT2D eigenvalue weighted by molar-refractivity contribution is -0.0883. The summed E-state index contributed by atoms with van der Waals surface area (Å²) in [6, 6.07) is 15.6. The number of halogens is 2. The normalized spacial score (nSPS) is 28.5. The summed E-state index contributed by atoms with van der Waals surface area (Å²) in [5, 5.41) is 21.9. The van der Waals surface area contributed by atoms with E-state index in [0.717, 1.165) is 20.1 Å². The Morgan fingerprint density at radius 2 is 1.05 bits per heavy atom. The maximum atomic E-state index is 11.0. The van der Waals surface area contributed by atoms with Crippen LogP contribution in [0.2, 0.25) is 0 Å². The Hall–Kier alpha value is -0.680. The molecule has 1 aliphatic rings. The predicted molar refractivity (Wildman–Crippen MR) is 94.5 cm³/mol. The highest BCUT2D eigenvalue weighted by atomic mass is 79.9. The lowest BCUT2D eigenvalue weighted by atomic mass is 9.70. The second-order valence-electron chi connectivity index (χ2n) is 6.08. The minimum Gasteiger partial charge on any atom is -0.385 e. The van der Waals surface area contributed by atoms with Crippen molar-refractivity contribution in [3.8, 4) is 0 Å². The minimum absolute atomic E-state index is 0.548. The van der Waals surface area contributed by atoms with E-state index >= 15 is 0 Å². The molecule has 1 aliphatic carbocycles. The Morgan fingerprint density at radius 1 is 0.682 bits per heavy atom. The van der Waals surface area contributed by atoms with Gasteiger partial charge < -0.3 is 10.2 Å². The van der Waals surface area contributed by atoms with Crippen molar-refractivity contribution in [1.29, 1.82) is 0 Å². The van der Waals surface area contributed by atoms with E-state index in [2.05, 4.69) is 31.9 Å². The molecule has 0 spiro atoms. The molecule has 2 nitrogen and oxygen atoms in total. The Balaban J connectivity index is 1.82. The molecule has 4 heteroatoms. The molecule has 3 rings (SSSR count). The number of rotatable bonds is 2. The molecular weight excluding hydrogens is 408 g/mol. The van der Waals surface area contributed by atoms with Crippen LogP contribution >= 0.6 is 31.9 Å². The highest BCUT2D eigenvalue weighted by Gasteiger charge is 2.42. The van der Waals surface area contributed by atoms with Crippen LogP contribution in [-0.4, -0.2) is 10.2 Å². The van der Waals surface area contributed by atoms with E-state index in [1.165, 1.54) is 0 Å². The Kier molecular flexibility index (Phi) is 4.47. The van der Waals surface area contributed by atoms with Gasteiger partial charge in [0.15, 0.2) is 0 Å². The first-order valence-corrected chi connectivity index (χ1v) is 8.97. The Morgan fingerprint density at radius 3 is 1.36 bits per heavy atom. The van der Waals surface area contributed by atoms with Gasteiger partial charge in [-0.1, -0.05) is 56.1 Å². The van der Waals surface area contributed by atoms with Crippen molar-refractivity contribution >= 4 is 31.9 Å². The van der Waals surface area contributed by atoms with E-state index in [0.29, 0.717) is 25.7 Å². The van der Waals surface area contributed by atoms with Crippen molar-refractivity contribution in [1.82, 2.24) is 0 Å². The predicted octanol–water partition coefficient (Wildman–Crippen LogP) is 4.86. The summed E-state index contributed by atoms with van der Waals surface area (Å²) >= 11 is 6.91. The zero-order valence-electron chi connectivity index (χ0n) is 12.1. The fraction of sp³-hybridized carbons (Fsp3) is 0.333. The second kappa shape index (κ2) is 6.08. The summed E-state index contributed by atoms with van der Waals surface area (Å²) in [6.07, 6.45) is 2.19. The fourth-order valence-corrected chi connectivity index (χ4v) is 4.01. The Labute approximate surface area is 147 Å². The Bertz CT molecular complexity index is 617. The minimum atomic E-state index is -0.859. The highest BCUT2D eigenvalue weighted by molar-refractivity contribution is 9.10. The summed E-state index contributed by atoms with van der Waals surface area (Å²) in [5.41, 5.74) is 0.112. The smallest absolute Gasteiger partial charge is 0.0899 e. The topological polar surface area (TPSA) is 40.5 Å². The van der Waals surface area contributed by atoms with Crippen molar-refractivity contribution in [2.75, 3.05) is 0 Å². The highest BCUT2D eigenvalue weighted by Crippen LogP contribution is 2.46. The zero-order chi connectivity index (χ0) is 15.8. The first-order valence-electron chi connectivity index (χ1n) is 7.38. The summed E-state index contributed by atoms with van der Waals surface area (Å²) in [7, 11) is 0. The SMILES string of the molecule is OC1(c2cccc(Br)c2)CCC(O)(c2cccc(Br)c2)CC1. The van der Waals surface area contributed by atoms with Crippen LogP contribution in [0.5, 0.6) is 0 Å². The zero-order valence-corrected chi connectivity index (χ0v) is 15.3. The molecule has 0 unspecified atom stereocenters. The lowest BCUT2D eigenvalue weighted by Gasteiger charge is -2.41. The van der Waals surface area contributed by atoms with Gasteiger partial charge in [-0.25, -0.2) is 0 Å². The molecule has 0 aromatic heterocycles. The van der Waals surface area contributed by atoms with E-state index < -0.39 is 11.2 Å². The molecule has 0 bridgehead atoms. The molecule has 0 radical (unpaired) electrons. The van der Waals surface area contributed by atoms with Crippen molar-refractivity contribution in [3.05, 3.63) is 68.6 Å². The van der Waals surface area contributed by atoms with Gasteiger partial charge in [-0.15, -0.1) is 0 Å². The van der Waals surface area contributed by atoms with Crippen LogP contribution in [0.1, 0.15) is 36.8 Å². The first kappa shape index (κ1) is 16.2. The number of benzene rings is 2. The van der Waals surface area contributed by atoms with E-state index in [-0.39, 0.29) is 0 Å². The number of hydrogen-bond donors (Lipinski definition) is 2. The molecule has 2 aromatic carbocycles. The van der Waals surface area contributed by atoms with Gasteiger partial charge in [0.05, 0.1) is 11.2 Å². The van der Waals surface area contributed by atoms with E-state index in [1.54, 1.807) is 0 Å². The van der Waals surface area contributed by atoms with Gasteiger partial charge in [-0.2, -0.15) is 0 Å². The van der Waals surface area contributed by atoms with Crippen LogP contribution in [0.15, 0.2) is 57.5 Å². The molecule has 0 heterocycles. The molecule has 0 atom stereocenters. The van der Waals surface area contributed by atoms with Gasteiger partial charge in [0.2, 0.25) is 0 Å². The standard InChI is InChI=1S/C18H18Br2O2/c19-15-5-1-3-13(11-15)17(21)7-9-18(22,10-8-17)14-4-2-6-16(20)12-14/h1-6,11-12,21-22H,7-10H2. The molecule has 0 saturated heterocycles. The quantitative estimate of drug-likeness (QED) is 0.721. The molecule has 1 fully saturated rings. The fourth-order valence-electron chi connectivity index (χ4n) is 3.21. The van der Waals surface area contributed by atoms with Gasteiger partial charge in [-0.05, 0) is 61.1 Å². The van der Waals surface area contributed by atoms with Crippen LogP contribution in [-0.2, 0) is 11.2 Å². The third kappa shape index (κ3) is 3.16. The van der Waals surface area contributed by atoms with Crippen molar-refractivity contribution in [2.45, 2.75) is 36.9 Å². The molecule has 2 aromatic rings. The van der Waals surface area contributed by atoms with Crippen molar-refractivity contribution in [2.24, 2.45) is 0 Å². The maximum absolute atomic E-state index is 11.0. The van der Waals surface area contributed by atoms with Gasteiger partial charge in [0.25, 0.3) is 0 Å². The lowest BCUT2D eigenvalue weighted by Crippen LogP contribution is -2.39. The van der Waals surface area contributed by atoms with Crippen LogP contribution in [0.25, 0.3) is 0 Å². The van der Waals surface area contributed by atoms with Crippen LogP contribution in [0, 0.1) is 0 Å². The average molecular weight is 426 g/mol. The third-order valence-electron chi connectivity index (χ3n) is 4.63. The molecular formula is C18H18Br2O2. The van der Waals surface area contributed by atoms with Gasteiger partial charge >= 0.3 is 0 Å². The molecule has 0 aliphatic heterocycles. The molecule has 0 amide bonds. The van der Waals surface area contributed by atoms with Crippen molar-refractivity contribution < 1.29 is 10.2 Å². The average Bonchev–Trinajstić information content (AvgIpc) is 2.51. The largest absolute Gasteiger partial charge is 0.385 e. The summed E-state index contributed by atoms with van der Waals surface area (Å²) in [5.74, 6) is 0. The van der Waals surface area contributed by atoms with Gasteiger partial charge in [-0.3, -0.25) is 0 Å². The van der Waals surface area contributed by atoms with Crippen LogP contribution in [0.4, 0.5) is 0 Å². The van der Waals surface area contributed by atoms with E-state index in [9.17, 15) is 10.2 Å². The molecule has 116 valence electrons.